The molecule has 27 heavy (non-hydrogen) atoms. The Bertz CT molecular complexity index is 813. The molecular formula is C17H23BrN2O6S. The van der Waals surface area contributed by atoms with E-state index in [1.165, 1.54) is 22.5 Å². The van der Waals surface area contributed by atoms with E-state index < -0.39 is 34.0 Å². The van der Waals surface area contributed by atoms with Crippen molar-refractivity contribution in [2.45, 2.75) is 31.2 Å². The average molecular weight is 463 g/mol. The van der Waals surface area contributed by atoms with Crippen LogP contribution in [0.4, 0.5) is 0 Å². The molecule has 1 N–H and O–H groups in total. The molecule has 1 amide bonds. The van der Waals surface area contributed by atoms with Crippen LogP contribution in [0.1, 0.15) is 31.1 Å². The summed E-state index contributed by atoms with van der Waals surface area (Å²) in [6.07, 6.45) is 0. The molecule has 0 spiro atoms. The highest BCUT2D eigenvalue weighted by Gasteiger charge is 2.29. The molecule has 1 fully saturated rings. The number of carbonyl (C=O) groups is 2. The van der Waals surface area contributed by atoms with Gasteiger partial charge in [-0.15, -0.1) is 0 Å². The van der Waals surface area contributed by atoms with Crippen LogP contribution < -0.4 is 5.32 Å². The summed E-state index contributed by atoms with van der Waals surface area (Å²) in [5, 5.41) is 2.68. The van der Waals surface area contributed by atoms with Crippen molar-refractivity contribution in [3.05, 3.63) is 28.2 Å². The van der Waals surface area contributed by atoms with Gasteiger partial charge in [0.2, 0.25) is 10.0 Å². The van der Waals surface area contributed by atoms with Crippen LogP contribution in [0, 0.1) is 0 Å². The Balaban J connectivity index is 2.14. The van der Waals surface area contributed by atoms with Gasteiger partial charge >= 0.3 is 5.97 Å². The summed E-state index contributed by atoms with van der Waals surface area (Å²) in [6, 6.07) is 4.16. The van der Waals surface area contributed by atoms with Crippen molar-refractivity contribution in [3.8, 4) is 0 Å². The van der Waals surface area contributed by atoms with Gasteiger partial charge in [0.1, 0.15) is 0 Å². The summed E-state index contributed by atoms with van der Waals surface area (Å²) in [6.45, 7) is 6.12. The Morgan fingerprint density at radius 3 is 2.48 bits per heavy atom. The molecule has 0 atom stereocenters. The van der Waals surface area contributed by atoms with Gasteiger partial charge in [-0.2, -0.15) is 4.31 Å². The van der Waals surface area contributed by atoms with Gasteiger partial charge in [-0.25, -0.2) is 13.2 Å². The van der Waals surface area contributed by atoms with Gasteiger partial charge in [0.05, 0.1) is 23.7 Å². The van der Waals surface area contributed by atoms with Crippen molar-refractivity contribution in [2.24, 2.45) is 0 Å². The Morgan fingerprint density at radius 1 is 1.26 bits per heavy atom. The van der Waals surface area contributed by atoms with E-state index in [1.54, 1.807) is 0 Å². The summed E-state index contributed by atoms with van der Waals surface area (Å²) >= 11 is 3.22. The zero-order chi connectivity index (χ0) is 20.2. The molecule has 0 radical (unpaired) electrons. The summed E-state index contributed by atoms with van der Waals surface area (Å²) in [5.74, 6) is -1.21. The normalized spacial score (nSPS) is 16.0. The second kappa shape index (κ2) is 8.68. The van der Waals surface area contributed by atoms with Crippen molar-refractivity contribution >= 4 is 37.8 Å². The van der Waals surface area contributed by atoms with E-state index in [0.29, 0.717) is 17.7 Å². The fourth-order valence-electron chi connectivity index (χ4n) is 2.42. The van der Waals surface area contributed by atoms with Crippen LogP contribution in [-0.4, -0.2) is 63.0 Å². The lowest BCUT2D eigenvalue weighted by Crippen LogP contribution is -2.42. The number of benzene rings is 1. The van der Waals surface area contributed by atoms with Crippen LogP contribution in [0.15, 0.2) is 27.6 Å². The fraction of sp³-hybridized carbons (Fsp3) is 0.529. The molecule has 0 unspecified atom stereocenters. The van der Waals surface area contributed by atoms with Gasteiger partial charge in [0.15, 0.2) is 6.61 Å². The number of halogens is 1. The minimum atomic E-state index is -3.78. The number of sulfonamides is 1. The van der Waals surface area contributed by atoms with Crippen molar-refractivity contribution in [2.75, 3.05) is 32.9 Å². The lowest BCUT2D eigenvalue weighted by molar-refractivity contribution is -0.125. The number of rotatable bonds is 5. The molecule has 1 heterocycles. The third-order valence-corrected chi connectivity index (χ3v) is 6.50. The van der Waals surface area contributed by atoms with E-state index in [-0.39, 0.29) is 23.5 Å². The predicted molar refractivity (Wildman–Crippen MR) is 102 cm³/mol. The van der Waals surface area contributed by atoms with E-state index in [9.17, 15) is 18.0 Å². The Morgan fingerprint density at radius 2 is 1.89 bits per heavy atom. The lowest BCUT2D eigenvalue weighted by atomic mass is 10.1. The maximum absolute atomic E-state index is 12.8. The molecule has 0 saturated carbocycles. The number of nitrogens with one attached hydrogen (secondary N) is 1. The molecule has 1 aromatic rings. The minimum Gasteiger partial charge on any atom is -0.452 e. The molecule has 150 valence electrons. The van der Waals surface area contributed by atoms with Gasteiger partial charge in [-0.3, -0.25) is 4.79 Å². The van der Waals surface area contributed by atoms with Crippen LogP contribution >= 0.6 is 15.9 Å². The average Bonchev–Trinajstić information content (AvgIpc) is 2.59. The van der Waals surface area contributed by atoms with E-state index in [0.717, 1.165) is 0 Å². The van der Waals surface area contributed by atoms with Gasteiger partial charge in [0, 0.05) is 23.1 Å². The maximum atomic E-state index is 12.8. The second-order valence-electron chi connectivity index (χ2n) is 7.04. The number of esters is 1. The largest absolute Gasteiger partial charge is 0.452 e. The van der Waals surface area contributed by atoms with E-state index in [2.05, 4.69) is 21.2 Å². The fourth-order valence-corrected chi connectivity index (χ4v) is 4.78. The monoisotopic (exact) mass is 462 g/mol. The van der Waals surface area contributed by atoms with E-state index in [1.807, 2.05) is 20.8 Å². The topological polar surface area (TPSA) is 102 Å². The van der Waals surface area contributed by atoms with Gasteiger partial charge in [0.25, 0.3) is 5.91 Å². The zero-order valence-electron chi connectivity index (χ0n) is 15.5. The molecule has 2 rings (SSSR count). The second-order valence-corrected chi connectivity index (χ2v) is 9.80. The van der Waals surface area contributed by atoms with Crippen molar-refractivity contribution in [3.63, 3.8) is 0 Å². The standard InChI is InChI=1S/C17H23BrN2O6S/c1-17(2,3)19-15(21)11-26-16(22)12-4-5-13(18)14(10-12)27(23,24)20-6-8-25-9-7-20/h4-5,10H,6-9,11H2,1-3H3,(H,19,21). The molecule has 1 aromatic carbocycles. The molecular weight excluding hydrogens is 440 g/mol. The molecule has 1 saturated heterocycles. The number of ether oxygens (including phenoxy) is 2. The SMILES string of the molecule is CC(C)(C)NC(=O)COC(=O)c1ccc(Br)c(S(=O)(=O)N2CCOCC2)c1. The number of hydrogen-bond acceptors (Lipinski definition) is 6. The highest BCUT2D eigenvalue weighted by molar-refractivity contribution is 9.10. The maximum Gasteiger partial charge on any atom is 0.338 e. The number of amides is 1. The highest BCUT2D eigenvalue weighted by atomic mass is 79.9. The van der Waals surface area contributed by atoms with Gasteiger partial charge < -0.3 is 14.8 Å². The van der Waals surface area contributed by atoms with Crippen LogP contribution in [-0.2, 0) is 24.3 Å². The summed E-state index contributed by atoms with van der Waals surface area (Å²) in [5.41, 5.74) is -0.394. The first-order valence-electron chi connectivity index (χ1n) is 8.36. The Labute approximate surface area is 167 Å². The van der Waals surface area contributed by atoms with Crippen LogP contribution in [0.25, 0.3) is 0 Å². The van der Waals surface area contributed by atoms with E-state index >= 15 is 0 Å². The molecule has 0 aliphatic carbocycles. The molecule has 8 nitrogen and oxygen atoms in total. The molecule has 1 aliphatic heterocycles. The van der Waals surface area contributed by atoms with Crippen LogP contribution in [0.2, 0.25) is 0 Å². The lowest BCUT2D eigenvalue weighted by Gasteiger charge is -2.26. The summed E-state index contributed by atoms with van der Waals surface area (Å²) in [4.78, 5) is 24.0. The number of carbonyl (C=O) groups excluding carboxylic acids is 2. The van der Waals surface area contributed by atoms with Crippen molar-refractivity contribution < 1.29 is 27.5 Å². The highest BCUT2D eigenvalue weighted by Crippen LogP contribution is 2.27. The number of morpholine rings is 1. The number of nitrogens with zero attached hydrogens (tertiary/aromatic N) is 1. The third kappa shape index (κ3) is 6.00. The molecule has 0 aromatic heterocycles. The first kappa shape index (κ1) is 21.8. The summed E-state index contributed by atoms with van der Waals surface area (Å²) < 4.78 is 37.5. The van der Waals surface area contributed by atoms with Crippen molar-refractivity contribution in [1.82, 2.24) is 9.62 Å². The van der Waals surface area contributed by atoms with Crippen molar-refractivity contribution in [1.29, 1.82) is 0 Å². The van der Waals surface area contributed by atoms with Crippen LogP contribution in [0.5, 0.6) is 0 Å². The van der Waals surface area contributed by atoms with Crippen LogP contribution in [0.3, 0.4) is 0 Å². The minimum absolute atomic E-state index is 0.0296. The Kier molecular flexibility index (Phi) is 7.01. The zero-order valence-corrected chi connectivity index (χ0v) is 17.9. The van der Waals surface area contributed by atoms with E-state index in [4.69, 9.17) is 9.47 Å². The molecule has 0 bridgehead atoms. The third-order valence-electron chi connectivity index (χ3n) is 3.60. The quantitative estimate of drug-likeness (QED) is 0.665. The first-order chi connectivity index (χ1) is 12.5. The smallest absolute Gasteiger partial charge is 0.338 e. The first-order valence-corrected chi connectivity index (χ1v) is 10.6. The molecule has 1 aliphatic rings. The Hall–Kier alpha value is -1.49. The van der Waals surface area contributed by atoms with Gasteiger partial charge in [-0.1, -0.05) is 0 Å². The molecule has 10 heteroatoms. The number of hydrogen-bond donors (Lipinski definition) is 1. The predicted octanol–water partition coefficient (Wildman–Crippen LogP) is 1.54. The summed E-state index contributed by atoms with van der Waals surface area (Å²) in [7, 11) is -3.78. The van der Waals surface area contributed by atoms with Gasteiger partial charge in [-0.05, 0) is 54.9 Å².